The Hall–Kier alpha value is -2.23. The van der Waals surface area contributed by atoms with Crippen molar-refractivity contribution >= 4 is 58.5 Å². The fraction of sp³-hybridized carbons (Fsp3) is 0.304. The van der Waals surface area contributed by atoms with Gasteiger partial charge in [-0.3, -0.25) is 10.4 Å². The number of hydrogen-bond donors (Lipinski definition) is 2. The molecule has 0 spiro atoms. The van der Waals surface area contributed by atoms with Crippen LogP contribution in [0, 0.1) is 5.41 Å². The fourth-order valence-corrected chi connectivity index (χ4v) is 7.50. The van der Waals surface area contributed by atoms with Crippen LogP contribution in [0.5, 0.6) is 0 Å². The first-order valence-corrected chi connectivity index (χ1v) is 12.8. The van der Waals surface area contributed by atoms with Gasteiger partial charge in [0.05, 0.1) is 20.8 Å². The average Bonchev–Trinajstić information content (AvgIpc) is 3.41. The normalized spacial score (nSPS) is 12.8. The van der Waals surface area contributed by atoms with E-state index in [1.54, 1.807) is 28.7 Å². The van der Waals surface area contributed by atoms with Gasteiger partial charge in [-0.2, -0.15) is 13.2 Å². The molecule has 32 heavy (non-hydrogen) atoms. The summed E-state index contributed by atoms with van der Waals surface area (Å²) in [5.41, 5.74) is 4.36. The second-order valence-electron chi connectivity index (χ2n) is 7.56. The molecule has 168 valence electrons. The second-order valence-corrected chi connectivity index (χ2v) is 10.8. The zero-order valence-corrected chi connectivity index (χ0v) is 19.8. The summed E-state index contributed by atoms with van der Waals surface area (Å²) in [4.78, 5) is 6.49. The molecule has 3 nitrogen and oxygen atoms in total. The molecule has 0 aliphatic carbocycles. The number of unbranched alkanes of at least 4 members (excludes halogenated alkanes) is 3. The van der Waals surface area contributed by atoms with E-state index in [1.165, 1.54) is 55.6 Å². The minimum absolute atomic E-state index is 0.155. The van der Waals surface area contributed by atoms with Gasteiger partial charge >= 0.3 is 6.18 Å². The molecular weight excluding hydrogens is 471 g/mol. The minimum Gasteiger partial charge on any atom is -0.395 e. The number of nitrogens with two attached hydrogens (primary N) is 1. The number of thiophene rings is 3. The standard InChI is InChI=1S/C23H22F3N3S3/c1-2-3-4-5-6-14-10-18-21(30-14)22-19(31-18)12-17(32-22)13-7-8-29-16(9-13)15(27)11-20(28)23(24,25)26/h7-12,27H,2-6,28H2,1H3. The molecule has 0 saturated carbocycles. The predicted molar refractivity (Wildman–Crippen MR) is 131 cm³/mol. The van der Waals surface area contributed by atoms with Crippen molar-refractivity contribution in [3.63, 3.8) is 0 Å². The lowest BCUT2D eigenvalue weighted by Gasteiger charge is -2.07. The van der Waals surface area contributed by atoms with Crippen molar-refractivity contribution in [1.82, 2.24) is 4.98 Å². The van der Waals surface area contributed by atoms with E-state index >= 15 is 0 Å². The van der Waals surface area contributed by atoms with Crippen molar-refractivity contribution in [2.24, 2.45) is 5.73 Å². The van der Waals surface area contributed by atoms with Gasteiger partial charge in [-0.1, -0.05) is 26.2 Å². The van der Waals surface area contributed by atoms with Crippen LogP contribution in [0.1, 0.15) is 43.2 Å². The highest BCUT2D eigenvalue weighted by molar-refractivity contribution is 7.39. The topological polar surface area (TPSA) is 62.8 Å². The van der Waals surface area contributed by atoms with Crippen molar-refractivity contribution in [3.05, 3.63) is 52.8 Å². The molecule has 0 unspecified atom stereocenters. The van der Waals surface area contributed by atoms with Gasteiger partial charge in [-0.25, -0.2) is 0 Å². The SMILES string of the molecule is CCCCCCc1cc2sc3cc(-c4ccnc(C(=N)C=C(N)C(F)(F)F)c4)sc3c2s1. The number of fused-ring (bicyclic) bond motifs is 3. The highest BCUT2D eigenvalue weighted by Crippen LogP contribution is 2.46. The quantitative estimate of drug-likeness (QED) is 0.192. The molecule has 4 rings (SSSR count). The van der Waals surface area contributed by atoms with Gasteiger partial charge in [0.25, 0.3) is 0 Å². The van der Waals surface area contributed by atoms with Crippen molar-refractivity contribution in [3.8, 4) is 10.4 Å². The van der Waals surface area contributed by atoms with Crippen molar-refractivity contribution in [1.29, 1.82) is 5.41 Å². The summed E-state index contributed by atoms with van der Waals surface area (Å²) >= 11 is 5.31. The third kappa shape index (κ3) is 4.89. The van der Waals surface area contributed by atoms with Crippen LogP contribution in [-0.4, -0.2) is 16.9 Å². The lowest BCUT2D eigenvalue weighted by atomic mass is 10.1. The predicted octanol–water partition coefficient (Wildman–Crippen LogP) is 8.14. The maximum atomic E-state index is 12.7. The van der Waals surface area contributed by atoms with Crippen LogP contribution in [0.4, 0.5) is 13.2 Å². The molecule has 4 aromatic rings. The van der Waals surface area contributed by atoms with Crippen LogP contribution >= 0.6 is 34.0 Å². The monoisotopic (exact) mass is 493 g/mol. The van der Waals surface area contributed by atoms with E-state index in [0.29, 0.717) is 6.08 Å². The lowest BCUT2D eigenvalue weighted by molar-refractivity contribution is -0.0925. The first-order valence-electron chi connectivity index (χ1n) is 10.3. The molecule has 0 radical (unpaired) electrons. The highest BCUT2D eigenvalue weighted by atomic mass is 32.1. The third-order valence-electron chi connectivity index (χ3n) is 5.10. The van der Waals surface area contributed by atoms with Gasteiger partial charge in [0, 0.05) is 25.4 Å². The van der Waals surface area contributed by atoms with E-state index in [2.05, 4.69) is 24.0 Å². The first kappa shape index (κ1) is 22.9. The van der Waals surface area contributed by atoms with Crippen molar-refractivity contribution < 1.29 is 13.2 Å². The maximum absolute atomic E-state index is 12.7. The zero-order chi connectivity index (χ0) is 22.9. The number of aromatic nitrogens is 1. The molecule has 3 N–H and O–H groups in total. The number of pyridine rings is 1. The summed E-state index contributed by atoms with van der Waals surface area (Å²) in [5, 5.41) is 7.96. The number of hydrogen-bond acceptors (Lipinski definition) is 6. The molecule has 4 heterocycles. The Morgan fingerprint density at radius 2 is 1.81 bits per heavy atom. The summed E-state index contributed by atoms with van der Waals surface area (Å²) in [6, 6.07) is 7.88. The molecule has 0 saturated heterocycles. The molecule has 0 atom stereocenters. The van der Waals surface area contributed by atoms with Crippen LogP contribution in [0.15, 0.2) is 42.2 Å². The molecule has 0 fully saturated rings. The number of nitrogens with one attached hydrogen (secondary N) is 1. The summed E-state index contributed by atoms with van der Waals surface area (Å²) in [6.45, 7) is 2.22. The van der Waals surface area contributed by atoms with Crippen LogP contribution in [0.3, 0.4) is 0 Å². The number of alkyl halides is 3. The largest absolute Gasteiger partial charge is 0.430 e. The Morgan fingerprint density at radius 3 is 2.56 bits per heavy atom. The number of aryl methyl sites for hydroxylation is 1. The Labute approximate surface area is 195 Å². The molecule has 0 aliphatic heterocycles. The molecule has 9 heteroatoms. The van der Waals surface area contributed by atoms with Crippen LogP contribution < -0.4 is 5.73 Å². The Kier molecular flexibility index (Phi) is 6.69. The first-order chi connectivity index (χ1) is 15.3. The Bertz CT molecular complexity index is 1290. The second kappa shape index (κ2) is 9.33. The maximum Gasteiger partial charge on any atom is 0.430 e. The smallest absolute Gasteiger partial charge is 0.395 e. The Balaban J connectivity index is 1.59. The van der Waals surface area contributed by atoms with Crippen molar-refractivity contribution in [2.45, 2.75) is 45.2 Å². The summed E-state index contributed by atoms with van der Waals surface area (Å²) < 4.78 is 43.1. The van der Waals surface area contributed by atoms with Gasteiger partial charge in [0.15, 0.2) is 0 Å². The van der Waals surface area contributed by atoms with Gasteiger partial charge in [0.2, 0.25) is 0 Å². The van der Waals surface area contributed by atoms with Gasteiger partial charge < -0.3 is 5.73 Å². The van der Waals surface area contributed by atoms with E-state index in [0.717, 1.165) is 16.9 Å². The van der Waals surface area contributed by atoms with Gasteiger partial charge in [-0.05, 0) is 48.7 Å². The number of halogens is 3. The van der Waals surface area contributed by atoms with E-state index in [-0.39, 0.29) is 11.4 Å². The summed E-state index contributed by atoms with van der Waals surface area (Å²) in [5.74, 6) is 0. The van der Waals surface area contributed by atoms with Gasteiger partial charge in [-0.15, -0.1) is 34.0 Å². The van der Waals surface area contributed by atoms with E-state index in [4.69, 9.17) is 11.1 Å². The van der Waals surface area contributed by atoms with Crippen LogP contribution in [-0.2, 0) is 6.42 Å². The number of nitrogens with zero attached hydrogens (tertiary/aromatic N) is 1. The zero-order valence-electron chi connectivity index (χ0n) is 17.4. The van der Waals surface area contributed by atoms with Gasteiger partial charge in [0.1, 0.15) is 5.70 Å². The molecule has 0 amide bonds. The third-order valence-corrected chi connectivity index (χ3v) is 8.98. The van der Waals surface area contributed by atoms with E-state index in [1.807, 2.05) is 17.4 Å². The minimum atomic E-state index is -4.66. The summed E-state index contributed by atoms with van der Waals surface area (Å²) in [6.07, 6.45) is 3.58. The van der Waals surface area contributed by atoms with Crippen LogP contribution in [0.2, 0.25) is 0 Å². The lowest BCUT2D eigenvalue weighted by Crippen LogP contribution is -2.20. The highest BCUT2D eigenvalue weighted by Gasteiger charge is 2.31. The van der Waals surface area contributed by atoms with E-state index in [9.17, 15) is 13.2 Å². The Morgan fingerprint density at radius 1 is 1.06 bits per heavy atom. The molecule has 0 bridgehead atoms. The molecule has 0 aromatic carbocycles. The van der Waals surface area contributed by atoms with Crippen LogP contribution in [0.25, 0.3) is 29.2 Å². The number of rotatable bonds is 8. The fourth-order valence-electron chi connectivity index (χ4n) is 3.42. The molecule has 0 aliphatic rings. The summed E-state index contributed by atoms with van der Waals surface area (Å²) in [7, 11) is 0. The average molecular weight is 494 g/mol. The molecular formula is C23H22F3N3S3. The number of allylic oxidation sites excluding steroid dienone is 2. The van der Waals surface area contributed by atoms with E-state index < -0.39 is 11.9 Å². The molecule has 4 aromatic heterocycles. The van der Waals surface area contributed by atoms with Crippen molar-refractivity contribution in [2.75, 3.05) is 0 Å².